The number of aromatic amines is 1. The quantitative estimate of drug-likeness (QED) is 0.787. The van der Waals surface area contributed by atoms with Gasteiger partial charge in [-0.25, -0.2) is 4.79 Å². The van der Waals surface area contributed by atoms with Crippen LogP contribution in [0.3, 0.4) is 0 Å². The lowest BCUT2D eigenvalue weighted by Crippen LogP contribution is -2.32. The number of rotatable bonds is 4. The zero-order chi connectivity index (χ0) is 17.2. The second-order valence-corrected chi connectivity index (χ2v) is 5.72. The van der Waals surface area contributed by atoms with Crippen LogP contribution in [-0.4, -0.2) is 44.4 Å². The molecule has 0 radical (unpaired) electrons. The third-order valence-corrected chi connectivity index (χ3v) is 4.25. The smallest absolute Gasteiger partial charge is 0.414 e. The van der Waals surface area contributed by atoms with Gasteiger partial charge >= 0.3 is 6.09 Å². The number of H-pyrrole nitrogens is 1. The van der Waals surface area contributed by atoms with Crippen LogP contribution in [0.5, 0.6) is 0 Å². The molecule has 2 aromatic heterocycles. The summed E-state index contributed by atoms with van der Waals surface area (Å²) in [6.07, 6.45) is 2.33. The Morgan fingerprint density at radius 3 is 2.64 bits per heavy atom. The number of pyridine rings is 1. The number of nitrogens with zero attached hydrogens (tertiary/aromatic N) is 5. The summed E-state index contributed by atoms with van der Waals surface area (Å²) in [4.78, 5) is 18.0. The molecule has 0 aliphatic carbocycles. The fourth-order valence-corrected chi connectivity index (χ4v) is 2.86. The van der Waals surface area contributed by atoms with Crippen molar-refractivity contribution in [1.82, 2.24) is 25.6 Å². The van der Waals surface area contributed by atoms with Crippen molar-refractivity contribution in [1.29, 1.82) is 0 Å². The summed E-state index contributed by atoms with van der Waals surface area (Å²) in [5, 5.41) is 13.7. The number of aromatic nitrogens is 5. The average molecular weight is 336 g/mol. The van der Waals surface area contributed by atoms with Crippen molar-refractivity contribution in [2.75, 3.05) is 11.5 Å². The molecule has 0 bridgehead atoms. The molecule has 1 aliphatic rings. The summed E-state index contributed by atoms with van der Waals surface area (Å²) < 4.78 is 5.14. The van der Waals surface area contributed by atoms with E-state index in [-0.39, 0.29) is 12.1 Å². The molecular formula is C17H16N6O2. The number of tetrazole rings is 1. The molecule has 1 fully saturated rings. The van der Waals surface area contributed by atoms with Crippen molar-refractivity contribution < 1.29 is 9.53 Å². The Bertz CT molecular complexity index is 861. The summed E-state index contributed by atoms with van der Waals surface area (Å²) in [5.74, 6) is 0.458. The number of ether oxygens (including phenoxy) is 1. The minimum Gasteiger partial charge on any atom is -0.447 e. The number of carbonyl (C=O) groups is 1. The van der Waals surface area contributed by atoms with E-state index in [1.54, 1.807) is 11.1 Å². The number of anilines is 1. The molecule has 8 heteroatoms. The van der Waals surface area contributed by atoms with E-state index in [9.17, 15) is 4.79 Å². The maximum Gasteiger partial charge on any atom is 0.414 e. The number of amides is 1. The van der Waals surface area contributed by atoms with Crippen LogP contribution in [0.25, 0.3) is 22.6 Å². The molecule has 3 aromatic rings. The van der Waals surface area contributed by atoms with Gasteiger partial charge in [0, 0.05) is 17.4 Å². The summed E-state index contributed by atoms with van der Waals surface area (Å²) in [6, 6.07) is 11.7. The molecule has 0 unspecified atom stereocenters. The van der Waals surface area contributed by atoms with Gasteiger partial charge in [-0.3, -0.25) is 9.88 Å². The van der Waals surface area contributed by atoms with Crippen LogP contribution in [-0.2, 0) is 4.74 Å². The average Bonchev–Trinajstić information content (AvgIpc) is 3.32. The van der Waals surface area contributed by atoms with Gasteiger partial charge in [0.05, 0.1) is 6.04 Å². The minimum absolute atomic E-state index is 0.0919. The Morgan fingerprint density at radius 1 is 1.20 bits per heavy atom. The second-order valence-electron chi connectivity index (χ2n) is 5.72. The molecule has 1 amide bonds. The van der Waals surface area contributed by atoms with E-state index in [1.807, 2.05) is 43.3 Å². The molecule has 4 rings (SSSR count). The van der Waals surface area contributed by atoms with E-state index in [0.29, 0.717) is 18.1 Å². The van der Waals surface area contributed by atoms with Gasteiger partial charge in [0.2, 0.25) is 5.82 Å². The zero-order valence-electron chi connectivity index (χ0n) is 13.6. The minimum atomic E-state index is -0.286. The van der Waals surface area contributed by atoms with Crippen molar-refractivity contribution >= 4 is 11.8 Å². The molecule has 25 heavy (non-hydrogen) atoms. The Hall–Kier alpha value is -3.29. The number of benzene rings is 1. The first-order valence-corrected chi connectivity index (χ1v) is 8.02. The van der Waals surface area contributed by atoms with E-state index in [2.05, 4.69) is 25.6 Å². The monoisotopic (exact) mass is 336 g/mol. The number of carbonyl (C=O) groups excluding carboxylic acids is 1. The fourth-order valence-electron chi connectivity index (χ4n) is 2.86. The van der Waals surface area contributed by atoms with Crippen LogP contribution >= 0.6 is 0 Å². The number of cyclic esters (lactones) is 1. The highest BCUT2D eigenvalue weighted by Gasteiger charge is 2.32. The van der Waals surface area contributed by atoms with Gasteiger partial charge in [0.15, 0.2) is 0 Å². The lowest BCUT2D eigenvalue weighted by Gasteiger charge is -2.20. The van der Waals surface area contributed by atoms with Crippen LogP contribution in [0.15, 0.2) is 42.6 Å². The predicted octanol–water partition coefficient (Wildman–Crippen LogP) is 2.66. The van der Waals surface area contributed by atoms with Crippen LogP contribution < -0.4 is 4.90 Å². The SMILES string of the molecule is CC[C@@H]1COC(=O)N1c1ccc(-c2ccc(-c3nn[nH]n3)nc2)cc1. The lowest BCUT2D eigenvalue weighted by molar-refractivity contribution is 0.178. The van der Waals surface area contributed by atoms with E-state index >= 15 is 0 Å². The van der Waals surface area contributed by atoms with Crippen molar-refractivity contribution in [2.24, 2.45) is 0 Å². The molecule has 8 nitrogen and oxygen atoms in total. The molecule has 0 saturated carbocycles. The first kappa shape index (κ1) is 15.3. The second kappa shape index (κ2) is 6.31. The third kappa shape index (κ3) is 2.82. The van der Waals surface area contributed by atoms with E-state index in [0.717, 1.165) is 23.2 Å². The topological polar surface area (TPSA) is 96.9 Å². The van der Waals surface area contributed by atoms with Crippen molar-refractivity contribution in [3.05, 3.63) is 42.6 Å². The Labute approximate surface area is 143 Å². The zero-order valence-corrected chi connectivity index (χ0v) is 13.6. The van der Waals surface area contributed by atoms with Gasteiger partial charge < -0.3 is 4.74 Å². The summed E-state index contributed by atoms with van der Waals surface area (Å²) in [7, 11) is 0. The number of nitrogens with one attached hydrogen (secondary N) is 1. The number of hydrogen-bond acceptors (Lipinski definition) is 6. The molecule has 3 heterocycles. The Kier molecular flexibility index (Phi) is 3.85. The van der Waals surface area contributed by atoms with Gasteiger partial charge in [0.1, 0.15) is 12.3 Å². The fraction of sp³-hybridized carbons (Fsp3) is 0.235. The van der Waals surface area contributed by atoms with Crippen molar-refractivity contribution in [3.63, 3.8) is 0 Å². The molecule has 1 aromatic carbocycles. The highest BCUT2D eigenvalue weighted by atomic mass is 16.6. The first-order valence-electron chi connectivity index (χ1n) is 8.02. The van der Waals surface area contributed by atoms with E-state index in [1.165, 1.54) is 0 Å². The largest absolute Gasteiger partial charge is 0.447 e. The predicted molar refractivity (Wildman–Crippen MR) is 90.8 cm³/mol. The summed E-state index contributed by atoms with van der Waals surface area (Å²) in [5.41, 5.74) is 3.47. The van der Waals surface area contributed by atoms with E-state index < -0.39 is 0 Å². The Morgan fingerprint density at radius 2 is 2.00 bits per heavy atom. The Balaban J connectivity index is 1.57. The normalized spacial score (nSPS) is 16.9. The van der Waals surface area contributed by atoms with Crippen molar-refractivity contribution in [2.45, 2.75) is 19.4 Å². The molecule has 0 spiro atoms. The highest BCUT2D eigenvalue weighted by molar-refractivity contribution is 5.90. The molecule has 1 N–H and O–H groups in total. The van der Waals surface area contributed by atoms with Crippen LogP contribution in [0, 0.1) is 0 Å². The summed E-state index contributed by atoms with van der Waals surface area (Å²) >= 11 is 0. The van der Waals surface area contributed by atoms with Gasteiger partial charge in [-0.15, -0.1) is 10.2 Å². The van der Waals surface area contributed by atoms with Crippen molar-refractivity contribution in [3.8, 4) is 22.6 Å². The standard InChI is InChI=1S/C17H16N6O2/c1-2-13-10-25-17(24)23(13)14-6-3-11(4-7-14)12-5-8-15(18-9-12)16-19-21-22-20-16/h3-9,13H,2,10H2,1H3,(H,19,20,21,22)/t13-/m1/s1. The van der Waals surface area contributed by atoms with Gasteiger partial charge in [-0.1, -0.05) is 25.1 Å². The maximum absolute atomic E-state index is 11.9. The molecule has 1 saturated heterocycles. The highest BCUT2D eigenvalue weighted by Crippen LogP contribution is 2.28. The van der Waals surface area contributed by atoms with Gasteiger partial charge in [-0.05, 0) is 35.4 Å². The third-order valence-electron chi connectivity index (χ3n) is 4.25. The number of hydrogen-bond donors (Lipinski definition) is 1. The summed E-state index contributed by atoms with van der Waals surface area (Å²) in [6.45, 7) is 2.49. The lowest BCUT2D eigenvalue weighted by atomic mass is 10.1. The molecule has 1 atom stereocenters. The first-order chi connectivity index (χ1) is 12.3. The van der Waals surface area contributed by atoms with Gasteiger partial charge in [-0.2, -0.15) is 5.21 Å². The van der Waals surface area contributed by atoms with Gasteiger partial charge in [0.25, 0.3) is 0 Å². The molecule has 1 aliphatic heterocycles. The van der Waals surface area contributed by atoms with Crippen LogP contribution in [0.1, 0.15) is 13.3 Å². The maximum atomic E-state index is 11.9. The molecular weight excluding hydrogens is 320 g/mol. The molecule has 126 valence electrons. The van der Waals surface area contributed by atoms with E-state index in [4.69, 9.17) is 4.74 Å². The van der Waals surface area contributed by atoms with Crippen LogP contribution in [0.4, 0.5) is 10.5 Å². The van der Waals surface area contributed by atoms with Crippen LogP contribution in [0.2, 0.25) is 0 Å².